The molecular weight excluding hydrogens is 334 g/mol. The van der Waals surface area contributed by atoms with Gasteiger partial charge in [-0.2, -0.15) is 0 Å². The highest BCUT2D eigenvalue weighted by molar-refractivity contribution is 6.31. The van der Waals surface area contributed by atoms with Crippen molar-refractivity contribution in [2.75, 3.05) is 11.9 Å². The maximum Gasteiger partial charge on any atom is 0.196 e. The summed E-state index contributed by atoms with van der Waals surface area (Å²) in [4.78, 5) is 4.66. The molecule has 134 valence electrons. The average Bonchev–Trinajstić information content (AvgIpc) is 2.52. The van der Waals surface area contributed by atoms with Crippen LogP contribution in [0.1, 0.15) is 31.9 Å². The van der Waals surface area contributed by atoms with Gasteiger partial charge in [0.15, 0.2) is 5.96 Å². The van der Waals surface area contributed by atoms with E-state index >= 15 is 0 Å². The Morgan fingerprint density at radius 2 is 1.88 bits per heavy atom. The number of phenolic OH excluding ortho intramolecular Hbond substituents is 1. The lowest BCUT2D eigenvalue weighted by Gasteiger charge is -2.22. The number of phenols is 1. The zero-order valence-electron chi connectivity index (χ0n) is 15.2. The van der Waals surface area contributed by atoms with Crippen LogP contribution in [-0.2, 0) is 6.54 Å². The molecule has 0 spiro atoms. The summed E-state index contributed by atoms with van der Waals surface area (Å²) in [6, 6.07) is 12.9. The second kappa shape index (κ2) is 8.26. The van der Waals surface area contributed by atoms with Crippen LogP contribution in [0.25, 0.3) is 0 Å². The lowest BCUT2D eigenvalue weighted by atomic mass is 9.97. The van der Waals surface area contributed by atoms with Crippen molar-refractivity contribution >= 4 is 23.2 Å². The zero-order chi connectivity index (χ0) is 18.4. The molecule has 25 heavy (non-hydrogen) atoms. The van der Waals surface area contributed by atoms with Crippen molar-refractivity contribution in [3.05, 3.63) is 58.6 Å². The van der Waals surface area contributed by atoms with Gasteiger partial charge < -0.3 is 15.7 Å². The minimum Gasteiger partial charge on any atom is -0.508 e. The number of nitrogens with one attached hydrogen (secondary N) is 2. The molecule has 0 aliphatic carbocycles. The number of rotatable bonds is 4. The van der Waals surface area contributed by atoms with Crippen LogP contribution in [0.5, 0.6) is 5.75 Å². The molecule has 0 saturated heterocycles. The van der Waals surface area contributed by atoms with Gasteiger partial charge in [0.25, 0.3) is 0 Å². The van der Waals surface area contributed by atoms with Gasteiger partial charge in [-0.15, -0.1) is 0 Å². The van der Waals surface area contributed by atoms with Crippen LogP contribution in [0.4, 0.5) is 5.69 Å². The summed E-state index contributed by atoms with van der Waals surface area (Å²) in [5, 5.41) is 17.0. The van der Waals surface area contributed by atoms with Crippen molar-refractivity contribution in [3.63, 3.8) is 0 Å². The number of hydrogen-bond acceptors (Lipinski definition) is 2. The minimum atomic E-state index is 0.122. The number of nitrogens with zero attached hydrogens (tertiary/aromatic N) is 1. The van der Waals surface area contributed by atoms with E-state index in [4.69, 9.17) is 11.6 Å². The Bertz CT molecular complexity index is 751. The number of benzene rings is 2. The van der Waals surface area contributed by atoms with Gasteiger partial charge in [0.05, 0.1) is 6.54 Å². The molecule has 0 atom stereocenters. The molecular formula is C20H26ClN3O. The van der Waals surface area contributed by atoms with Crippen molar-refractivity contribution < 1.29 is 5.11 Å². The predicted octanol–water partition coefficient (Wildman–Crippen LogP) is 4.96. The van der Waals surface area contributed by atoms with E-state index in [1.165, 1.54) is 0 Å². The van der Waals surface area contributed by atoms with Crippen LogP contribution in [0.15, 0.2) is 47.5 Å². The number of guanidine groups is 1. The van der Waals surface area contributed by atoms with E-state index in [1.54, 1.807) is 12.1 Å². The average molecular weight is 360 g/mol. The first-order valence-corrected chi connectivity index (χ1v) is 8.71. The van der Waals surface area contributed by atoms with E-state index in [0.717, 1.165) is 23.4 Å². The molecule has 2 aromatic carbocycles. The highest BCUT2D eigenvalue weighted by atomic mass is 35.5. The standard InChI is InChI=1S/C20H26ClN3O/c1-14-11-16(25)9-10-18(14)24-19(23-13-20(2,3)4)22-12-15-7-5-6-8-17(15)21/h5-11,25H,12-13H2,1-4H3,(H2,22,23,24). The van der Waals surface area contributed by atoms with Crippen LogP contribution >= 0.6 is 11.6 Å². The highest BCUT2D eigenvalue weighted by Gasteiger charge is 2.12. The number of aryl methyl sites for hydroxylation is 1. The molecule has 3 N–H and O–H groups in total. The highest BCUT2D eigenvalue weighted by Crippen LogP contribution is 2.21. The van der Waals surface area contributed by atoms with Gasteiger partial charge >= 0.3 is 0 Å². The maximum atomic E-state index is 9.58. The Hall–Kier alpha value is -2.20. The number of aromatic hydroxyl groups is 1. The van der Waals surface area contributed by atoms with Gasteiger partial charge in [-0.05, 0) is 47.7 Å². The van der Waals surface area contributed by atoms with E-state index in [2.05, 4.69) is 36.4 Å². The van der Waals surface area contributed by atoms with Crippen molar-refractivity contribution in [3.8, 4) is 5.75 Å². The van der Waals surface area contributed by atoms with E-state index < -0.39 is 0 Å². The number of halogens is 1. The normalized spacial score (nSPS) is 12.1. The molecule has 0 aliphatic rings. The first kappa shape index (κ1) is 19.1. The zero-order valence-corrected chi connectivity index (χ0v) is 16.0. The Morgan fingerprint density at radius 1 is 1.16 bits per heavy atom. The van der Waals surface area contributed by atoms with Gasteiger partial charge in [-0.25, -0.2) is 4.99 Å². The third-order valence-corrected chi connectivity index (χ3v) is 3.98. The van der Waals surface area contributed by atoms with E-state index in [1.807, 2.05) is 37.3 Å². The summed E-state index contributed by atoms with van der Waals surface area (Å²) >= 11 is 6.22. The molecule has 0 radical (unpaired) electrons. The van der Waals surface area contributed by atoms with Gasteiger partial charge in [0, 0.05) is 17.3 Å². The van der Waals surface area contributed by atoms with Gasteiger partial charge in [0.2, 0.25) is 0 Å². The van der Waals surface area contributed by atoms with Crippen LogP contribution in [0.2, 0.25) is 5.02 Å². The topological polar surface area (TPSA) is 56.6 Å². The lowest BCUT2D eigenvalue weighted by Crippen LogP contribution is -2.37. The molecule has 0 amide bonds. The fourth-order valence-corrected chi connectivity index (χ4v) is 2.39. The van der Waals surface area contributed by atoms with E-state index in [9.17, 15) is 5.11 Å². The number of hydrogen-bond donors (Lipinski definition) is 3. The quantitative estimate of drug-likeness (QED) is 0.411. The summed E-state index contributed by atoms with van der Waals surface area (Å²) in [6.07, 6.45) is 0. The molecule has 0 aromatic heterocycles. The Morgan fingerprint density at radius 3 is 2.52 bits per heavy atom. The smallest absolute Gasteiger partial charge is 0.196 e. The molecule has 2 aromatic rings. The third kappa shape index (κ3) is 6.31. The monoisotopic (exact) mass is 359 g/mol. The predicted molar refractivity (Wildman–Crippen MR) is 107 cm³/mol. The minimum absolute atomic E-state index is 0.122. The summed E-state index contributed by atoms with van der Waals surface area (Å²) in [5.41, 5.74) is 2.94. The molecule has 5 heteroatoms. The molecule has 0 bridgehead atoms. The van der Waals surface area contributed by atoms with Crippen LogP contribution in [0, 0.1) is 12.3 Å². The fourth-order valence-electron chi connectivity index (χ4n) is 2.20. The van der Waals surface area contributed by atoms with Crippen molar-refractivity contribution in [1.82, 2.24) is 5.32 Å². The molecule has 0 aliphatic heterocycles. The molecule has 2 rings (SSSR count). The number of aliphatic imine (C=N–C) groups is 1. The SMILES string of the molecule is Cc1cc(O)ccc1NC(=NCc1ccccc1Cl)NCC(C)(C)C. The van der Waals surface area contributed by atoms with Crippen molar-refractivity contribution in [1.29, 1.82) is 0 Å². The van der Waals surface area contributed by atoms with Crippen molar-refractivity contribution in [2.24, 2.45) is 10.4 Å². The molecule has 0 heterocycles. The van der Waals surface area contributed by atoms with Crippen LogP contribution in [0.3, 0.4) is 0 Å². The summed E-state index contributed by atoms with van der Waals surface area (Å²) in [7, 11) is 0. The van der Waals surface area contributed by atoms with Gasteiger partial charge in [-0.3, -0.25) is 0 Å². The molecule has 0 unspecified atom stereocenters. The second-order valence-electron chi connectivity index (χ2n) is 7.29. The first-order valence-electron chi connectivity index (χ1n) is 8.33. The van der Waals surface area contributed by atoms with Gasteiger partial charge in [0.1, 0.15) is 5.75 Å². The molecule has 4 nitrogen and oxygen atoms in total. The summed E-state index contributed by atoms with van der Waals surface area (Å²) < 4.78 is 0. The first-order chi connectivity index (χ1) is 11.7. The molecule has 0 fully saturated rings. The maximum absolute atomic E-state index is 9.58. The van der Waals surface area contributed by atoms with Crippen LogP contribution < -0.4 is 10.6 Å². The summed E-state index contributed by atoms with van der Waals surface area (Å²) in [5.74, 6) is 0.934. The third-order valence-electron chi connectivity index (χ3n) is 3.61. The Kier molecular flexibility index (Phi) is 6.32. The van der Waals surface area contributed by atoms with E-state index in [0.29, 0.717) is 17.5 Å². The summed E-state index contributed by atoms with van der Waals surface area (Å²) in [6.45, 7) is 9.69. The van der Waals surface area contributed by atoms with Crippen LogP contribution in [-0.4, -0.2) is 17.6 Å². The van der Waals surface area contributed by atoms with Crippen molar-refractivity contribution in [2.45, 2.75) is 34.2 Å². The number of anilines is 1. The molecule has 0 saturated carbocycles. The second-order valence-corrected chi connectivity index (χ2v) is 7.70. The van der Waals surface area contributed by atoms with Gasteiger partial charge in [-0.1, -0.05) is 50.6 Å². The van der Waals surface area contributed by atoms with E-state index in [-0.39, 0.29) is 11.2 Å². The lowest BCUT2D eigenvalue weighted by molar-refractivity contribution is 0.408. The fraction of sp³-hybridized carbons (Fsp3) is 0.350. The Balaban J connectivity index is 2.19. The Labute approximate surface area is 155 Å². The largest absolute Gasteiger partial charge is 0.508 e.